The van der Waals surface area contributed by atoms with Crippen LogP contribution in [0.3, 0.4) is 0 Å². The minimum absolute atomic E-state index is 0.187. The van der Waals surface area contributed by atoms with E-state index in [4.69, 9.17) is 0 Å². The fourth-order valence-electron chi connectivity index (χ4n) is 1.77. The number of hydrogen-bond donors (Lipinski definition) is 1. The number of nitrogens with one attached hydrogen (secondary N) is 1. The number of aromatic nitrogens is 2. The van der Waals surface area contributed by atoms with E-state index in [0.717, 1.165) is 4.47 Å². The molecule has 0 aliphatic heterocycles. The molecule has 0 unspecified atom stereocenters. The number of hydrogen-bond acceptors (Lipinski definition) is 3. The fraction of sp³-hybridized carbons (Fsp3) is 0.250. The molecule has 0 bridgehead atoms. The lowest BCUT2D eigenvalue weighted by Crippen LogP contribution is -2.14. The number of benzene rings is 1. The third-order valence-electron chi connectivity index (χ3n) is 2.67. The lowest BCUT2D eigenvalue weighted by atomic mass is 10.3. The summed E-state index contributed by atoms with van der Waals surface area (Å²) in [6.45, 7) is 1.93. The molecule has 0 atom stereocenters. The zero-order valence-electron chi connectivity index (χ0n) is 10.9. The van der Waals surface area contributed by atoms with Crippen LogP contribution >= 0.6 is 31.9 Å². The van der Waals surface area contributed by atoms with Gasteiger partial charge in [-0.1, -0.05) is 22.9 Å². The van der Waals surface area contributed by atoms with E-state index in [2.05, 4.69) is 41.7 Å². The highest BCUT2D eigenvalue weighted by Crippen LogP contribution is 2.28. The molecule has 0 amide bonds. The SMILES string of the molecule is CCc1nn(C)cc1NS(=O)(=O)c1ccc(Br)cc1Br. The molecule has 1 heterocycles. The van der Waals surface area contributed by atoms with E-state index in [1.807, 2.05) is 6.92 Å². The second-order valence-corrected chi connectivity index (χ2v) is 7.62. The van der Waals surface area contributed by atoms with Gasteiger partial charge < -0.3 is 0 Å². The molecule has 20 heavy (non-hydrogen) atoms. The molecule has 2 rings (SSSR count). The van der Waals surface area contributed by atoms with Gasteiger partial charge in [0.2, 0.25) is 0 Å². The first-order valence-corrected chi connectivity index (χ1v) is 8.91. The summed E-state index contributed by atoms with van der Waals surface area (Å²) in [6.07, 6.45) is 2.31. The molecule has 1 N–H and O–H groups in total. The number of anilines is 1. The Balaban J connectivity index is 2.40. The van der Waals surface area contributed by atoms with E-state index < -0.39 is 10.0 Å². The van der Waals surface area contributed by atoms with Gasteiger partial charge >= 0.3 is 0 Å². The fourth-order valence-corrected chi connectivity index (χ4v) is 4.59. The Morgan fingerprint density at radius 2 is 2.05 bits per heavy atom. The summed E-state index contributed by atoms with van der Waals surface area (Å²) in [5.41, 5.74) is 1.22. The van der Waals surface area contributed by atoms with Gasteiger partial charge in [-0.25, -0.2) is 8.42 Å². The molecule has 8 heteroatoms. The van der Waals surface area contributed by atoms with E-state index >= 15 is 0 Å². The van der Waals surface area contributed by atoms with Crippen molar-refractivity contribution in [3.63, 3.8) is 0 Å². The maximum Gasteiger partial charge on any atom is 0.263 e. The maximum atomic E-state index is 12.4. The highest BCUT2D eigenvalue weighted by molar-refractivity contribution is 9.11. The molecule has 0 saturated carbocycles. The highest BCUT2D eigenvalue weighted by atomic mass is 79.9. The Labute approximate surface area is 134 Å². The van der Waals surface area contributed by atoms with Crippen molar-refractivity contribution in [1.29, 1.82) is 0 Å². The Kier molecular flexibility index (Phi) is 4.55. The molecule has 1 aromatic heterocycles. The predicted molar refractivity (Wildman–Crippen MR) is 85.2 cm³/mol. The first kappa shape index (κ1) is 15.5. The van der Waals surface area contributed by atoms with Crippen LogP contribution in [0.1, 0.15) is 12.6 Å². The second-order valence-electron chi connectivity index (χ2n) is 4.20. The van der Waals surface area contributed by atoms with Gasteiger partial charge in [-0.05, 0) is 40.5 Å². The van der Waals surface area contributed by atoms with Gasteiger partial charge in [-0.2, -0.15) is 5.10 Å². The van der Waals surface area contributed by atoms with Crippen molar-refractivity contribution >= 4 is 47.6 Å². The van der Waals surface area contributed by atoms with Crippen molar-refractivity contribution in [2.45, 2.75) is 18.2 Å². The minimum atomic E-state index is -3.65. The van der Waals surface area contributed by atoms with Crippen LogP contribution in [0.15, 0.2) is 38.2 Å². The monoisotopic (exact) mass is 421 g/mol. The van der Waals surface area contributed by atoms with Gasteiger partial charge in [-0.15, -0.1) is 0 Å². The van der Waals surface area contributed by atoms with Crippen molar-refractivity contribution < 1.29 is 8.42 Å². The molecule has 108 valence electrons. The molecule has 0 fully saturated rings. The van der Waals surface area contributed by atoms with Crippen molar-refractivity contribution in [3.8, 4) is 0 Å². The van der Waals surface area contributed by atoms with E-state index in [1.165, 1.54) is 0 Å². The van der Waals surface area contributed by atoms with E-state index in [0.29, 0.717) is 22.3 Å². The van der Waals surface area contributed by atoms with Gasteiger partial charge in [-0.3, -0.25) is 9.40 Å². The standard InChI is InChI=1S/C12H13Br2N3O2S/c1-3-10-11(7-17(2)15-10)16-20(18,19)12-5-4-8(13)6-9(12)14/h4-7,16H,3H2,1-2H3. The van der Waals surface area contributed by atoms with Crippen molar-refractivity contribution in [2.75, 3.05) is 4.72 Å². The first-order chi connectivity index (χ1) is 9.33. The van der Waals surface area contributed by atoms with Crippen LogP contribution in [-0.2, 0) is 23.5 Å². The topological polar surface area (TPSA) is 64.0 Å². The number of rotatable bonds is 4. The first-order valence-electron chi connectivity index (χ1n) is 5.84. The third-order valence-corrected chi connectivity index (χ3v) is 5.50. The molecule has 0 spiro atoms. The highest BCUT2D eigenvalue weighted by Gasteiger charge is 2.20. The summed E-state index contributed by atoms with van der Waals surface area (Å²) < 4.78 is 30.3. The van der Waals surface area contributed by atoms with Gasteiger partial charge in [0.15, 0.2) is 0 Å². The average molecular weight is 423 g/mol. The van der Waals surface area contributed by atoms with Crippen LogP contribution in [0.5, 0.6) is 0 Å². The lowest BCUT2D eigenvalue weighted by Gasteiger charge is -2.09. The van der Waals surface area contributed by atoms with Crippen molar-refractivity contribution in [2.24, 2.45) is 7.05 Å². The average Bonchev–Trinajstić information content (AvgIpc) is 2.67. The van der Waals surface area contributed by atoms with Crippen LogP contribution < -0.4 is 4.72 Å². The summed E-state index contributed by atoms with van der Waals surface area (Å²) in [5.74, 6) is 0. The van der Waals surface area contributed by atoms with Gasteiger partial charge in [0.25, 0.3) is 10.0 Å². The number of nitrogens with zero attached hydrogens (tertiary/aromatic N) is 2. The molecular formula is C12H13Br2N3O2S. The minimum Gasteiger partial charge on any atom is -0.276 e. The number of aryl methyl sites for hydroxylation is 2. The van der Waals surface area contributed by atoms with E-state index in [9.17, 15) is 8.42 Å². The maximum absolute atomic E-state index is 12.4. The number of halogens is 2. The zero-order valence-corrected chi connectivity index (χ0v) is 14.9. The van der Waals surface area contributed by atoms with Crippen LogP contribution in [0, 0.1) is 0 Å². The quantitative estimate of drug-likeness (QED) is 0.821. The summed E-state index contributed by atoms with van der Waals surface area (Å²) in [5, 5.41) is 4.21. The molecule has 5 nitrogen and oxygen atoms in total. The summed E-state index contributed by atoms with van der Waals surface area (Å²) in [4.78, 5) is 0.187. The Morgan fingerprint density at radius 3 is 2.65 bits per heavy atom. The Bertz CT molecular complexity index is 741. The molecule has 0 aliphatic rings. The molecule has 0 radical (unpaired) electrons. The molecule has 2 aromatic rings. The summed E-state index contributed by atoms with van der Waals surface area (Å²) in [7, 11) is -1.89. The zero-order chi connectivity index (χ0) is 14.9. The van der Waals surface area contributed by atoms with Gasteiger partial charge in [0.1, 0.15) is 4.90 Å². The summed E-state index contributed by atoms with van der Waals surface area (Å²) in [6, 6.07) is 4.92. The van der Waals surface area contributed by atoms with Crippen LogP contribution in [0.2, 0.25) is 0 Å². The smallest absolute Gasteiger partial charge is 0.263 e. The number of sulfonamides is 1. The van der Waals surface area contributed by atoms with Crippen LogP contribution in [0.4, 0.5) is 5.69 Å². The Hall–Kier alpha value is -0.860. The van der Waals surface area contributed by atoms with Crippen LogP contribution in [0.25, 0.3) is 0 Å². The van der Waals surface area contributed by atoms with Crippen LogP contribution in [-0.4, -0.2) is 18.2 Å². The van der Waals surface area contributed by atoms with Gasteiger partial charge in [0.05, 0.1) is 11.4 Å². The Morgan fingerprint density at radius 1 is 1.35 bits per heavy atom. The van der Waals surface area contributed by atoms with E-state index in [-0.39, 0.29) is 4.90 Å². The summed E-state index contributed by atoms with van der Waals surface area (Å²) >= 11 is 6.56. The molecule has 1 aromatic carbocycles. The molecule has 0 saturated heterocycles. The van der Waals surface area contributed by atoms with Crippen molar-refractivity contribution in [1.82, 2.24) is 9.78 Å². The third kappa shape index (κ3) is 3.24. The second kappa shape index (κ2) is 5.87. The van der Waals surface area contributed by atoms with E-state index in [1.54, 1.807) is 36.1 Å². The van der Waals surface area contributed by atoms with Gasteiger partial charge in [0, 0.05) is 22.2 Å². The molecular weight excluding hydrogens is 410 g/mol. The van der Waals surface area contributed by atoms with Crippen molar-refractivity contribution in [3.05, 3.63) is 39.0 Å². The lowest BCUT2D eigenvalue weighted by molar-refractivity contribution is 0.600. The predicted octanol–water partition coefficient (Wildman–Crippen LogP) is 3.31. The molecule has 0 aliphatic carbocycles. The largest absolute Gasteiger partial charge is 0.276 e. The normalized spacial score (nSPS) is 11.6.